The van der Waals surface area contributed by atoms with Crippen LogP contribution in [0.4, 0.5) is 11.4 Å². The SMILES string of the molecule is NNc1ccccc1S(=O)(=O)Nc1ccc(Br)cc1Br. The number of hydrogen-bond donors (Lipinski definition) is 3. The lowest BCUT2D eigenvalue weighted by molar-refractivity contribution is 0.601. The molecule has 106 valence electrons. The molecule has 2 rings (SSSR count). The number of benzene rings is 2. The van der Waals surface area contributed by atoms with Gasteiger partial charge in [-0.15, -0.1) is 0 Å². The van der Waals surface area contributed by atoms with Crippen LogP contribution in [0.2, 0.25) is 0 Å². The molecule has 0 bridgehead atoms. The van der Waals surface area contributed by atoms with Gasteiger partial charge < -0.3 is 5.43 Å². The number of rotatable bonds is 4. The van der Waals surface area contributed by atoms with Gasteiger partial charge in [0, 0.05) is 8.95 Å². The van der Waals surface area contributed by atoms with Crippen LogP contribution in [0, 0.1) is 0 Å². The minimum atomic E-state index is -3.73. The Hall–Kier alpha value is -1.09. The summed E-state index contributed by atoms with van der Waals surface area (Å²) < 4.78 is 28.7. The van der Waals surface area contributed by atoms with Crippen molar-refractivity contribution < 1.29 is 8.42 Å². The van der Waals surface area contributed by atoms with Gasteiger partial charge in [0.05, 0.1) is 11.4 Å². The van der Waals surface area contributed by atoms with E-state index in [1.807, 2.05) is 0 Å². The molecular weight excluding hydrogens is 410 g/mol. The molecule has 0 radical (unpaired) electrons. The smallest absolute Gasteiger partial charge is 0.264 e. The van der Waals surface area contributed by atoms with Crippen molar-refractivity contribution in [2.75, 3.05) is 10.1 Å². The van der Waals surface area contributed by atoms with E-state index < -0.39 is 10.0 Å². The first-order valence-corrected chi connectivity index (χ1v) is 8.54. The van der Waals surface area contributed by atoms with Gasteiger partial charge in [-0.25, -0.2) is 8.42 Å². The molecule has 0 saturated heterocycles. The number of hydrazine groups is 1. The fourth-order valence-corrected chi connectivity index (χ4v) is 4.12. The normalized spacial score (nSPS) is 11.2. The third kappa shape index (κ3) is 3.32. The predicted molar refractivity (Wildman–Crippen MR) is 86.9 cm³/mol. The topological polar surface area (TPSA) is 84.2 Å². The van der Waals surface area contributed by atoms with E-state index in [4.69, 9.17) is 5.84 Å². The molecule has 8 heteroatoms. The highest BCUT2D eigenvalue weighted by atomic mass is 79.9. The Balaban J connectivity index is 2.41. The first-order valence-electron chi connectivity index (χ1n) is 5.47. The van der Waals surface area contributed by atoms with Crippen molar-refractivity contribution in [1.29, 1.82) is 0 Å². The number of anilines is 2. The zero-order valence-electron chi connectivity index (χ0n) is 10.1. The first-order chi connectivity index (χ1) is 9.44. The number of para-hydroxylation sites is 1. The molecule has 2 aromatic rings. The Labute approximate surface area is 133 Å². The number of nitrogens with one attached hydrogen (secondary N) is 2. The Morgan fingerprint density at radius 3 is 2.35 bits per heavy atom. The molecule has 0 fully saturated rings. The standard InChI is InChI=1S/C12H11Br2N3O2S/c13-8-5-6-10(9(14)7-8)17-20(18,19)12-4-2-1-3-11(12)16-15/h1-7,16-17H,15H2. The summed E-state index contributed by atoms with van der Waals surface area (Å²) in [6, 6.07) is 11.6. The summed E-state index contributed by atoms with van der Waals surface area (Å²) in [4.78, 5) is 0.0809. The lowest BCUT2D eigenvalue weighted by Crippen LogP contribution is -2.17. The molecule has 0 amide bonds. The van der Waals surface area contributed by atoms with Gasteiger partial charge in [-0.05, 0) is 46.3 Å². The summed E-state index contributed by atoms with van der Waals surface area (Å²) in [5, 5.41) is 0. The van der Waals surface area contributed by atoms with Gasteiger partial charge in [-0.2, -0.15) is 0 Å². The lowest BCUT2D eigenvalue weighted by atomic mass is 10.3. The highest BCUT2D eigenvalue weighted by Gasteiger charge is 2.19. The largest absolute Gasteiger partial charge is 0.323 e. The highest BCUT2D eigenvalue weighted by Crippen LogP contribution is 2.29. The Bertz CT molecular complexity index is 735. The monoisotopic (exact) mass is 419 g/mol. The molecule has 0 saturated carbocycles. The van der Waals surface area contributed by atoms with Gasteiger partial charge in [-0.1, -0.05) is 28.1 Å². The molecule has 0 spiro atoms. The van der Waals surface area contributed by atoms with Crippen molar-refractivity contribution in [2.45, 2.75) is 4.90 Å². The Kier molecular flexibility index (Phi) is 4.69. The third-order valence-electron chi connectivity index (χ3n) is 2.51. The van der Waals surface area contributed by atoms with Crippen LogP contribution < -0.4 is 16.0 Å². The summed E-state index contributed by atoms with van der Waals surface area (Å²) in [6.45, 7) is 0. The Morgan fingerprint density at radius 2 is 1.70 bits per heavy atom. The second-order valence-electron chi connectivity index (χ2n) is 3.87. The molecule has 0 aliphatic carbocycles. The van der Waals surface area contributed by atoms with Crippen LogP contribution >= 0.6 is 31.9 Å². The van der Waals surface area contributed by atoms with Gasteiger partial charge >= 0.3 is 0 Å². The molecule has 4 N–H and O–H groups in total. The van der Waals surface area contributed by atoms with E-state index in [0.717, 1.165) is 4.47 Å². The van der Waals surface area contributed by atoms with E-state index in [-0.39, 0.29) is 4.90 Å². The minimum absolute atomic E-state index is 0.0809. The van der Waals surface area contributed by atoms with Crippen LogP contribution in [0.5, 0.6) is 0 Å². The zero-order valence-corrected chi connectivity index (χ0v) is 14.1. The molecule has 0 atom stereocenters. The summed E-state index contributed by atoms with van der Waals surface area (Å²) in [6.07, 6.45) is 0. The quantitative estimate of drug-likeness (QED) is 0.523. The summed E-state index contributed by atoms with van der Waals surface area (Å²) in [5.74, 6) is 5.33. The molecule has 0 aromatic heterocycles. The predicted octanol–water partition coefficient (Wildman–Crippen LogP) is 3.30. The molecule has 0 aliphatic heterocycles. The van der Waals surface area contributed by atoms with Crippen molar-refractivity contribution in [1.82, 2.24) is 0 Å². The van der Waals surface area contributed by atoms with Crippen LogP contribution in [0.1, 0.15) is 0 Å². The van der Waals surface area contributed by atoms with Crippen molar-refractivity contribution in [3.05, 3.63) is 51.4 Å². The Morgan fingerprint density at radius 1 is 1.00 bits per heavy atom. The summed E-state index contributed by atoms with van der Waals surface area (Å²) in [7, 11) is -3.73. The van der Waals surface area contributed by atoms with Gasteiger partial charge in [0.25, 0.3) is 10.0 Å². The van der Waals surface area contributed by atoms with E-state index in [0.29, 0.717) is 15.8 Å². The number of nitrogen functional groups attached to an aromatic ring is 1. The van der Waals surface area contributed by atoms with E-state index in [1.165, 1.54) is 6.07 Å². The molecule has 5 nitrogen and oxygen atoms in total. The fourth-order valence-electron chi connectivity index (χ4n) is 1.59. The van der Waals surface area contributed by atoms with Crippen molar-refractivity contribution in [3.8, 4) is 0 Å². The molecule has 0 heterocycles. The minimum Gasteiger partial charge on any atom is -0.323 e. The van der Waals surface area contributed by atoms with Crippen LogP contribution in [0.15, 0.2) is 56.3 Å². The zero-order chi connectivity index (χ0) is 14.8. The highest BCUT2D eigenvalue weighted by molar-refractivity contribution is 9.11. The van der Waals surface area contributed by atoms with E-state index in [2.05, 4.69) is 42.0 Å². The number of hydrogen-bond acceptors (Lipinski definition) is 4. The van der Waals surface area contributed by atoms with E-state index in [9.17, 15) is 8.42 Å². The molecule has 0 unspecified atom stereocenters. The summed E-state index contributed by atoms with van der Waals surface area (Å²) in [5.41, 5.74) is 3.14. The maximum atomic E-state index is 12.4. The van der Waals surface area contributed by atoms with Gasteiger partial charge in [0.1, 0.15) is 4.90 Å². The van der Waals surface area contributed by atoms with Crippen LogP contribution in [-0.4, -0.2) is 8.42 Å². The van der Waals surface area contributed by atoms with Crippen molar-refractivity contribution >= 4 is 53.3 Å². The van der Waals surface area contributed by atoms with Gasteiger partial charge in [-0.3, -0.25) is 10.6 Å². The maximum Gasteiger partial charge on any atom is 0.264 e. The lowest BCUT2D eigenvalue weighted by Gasteiger charge is -2.13. The summed E-state index contributed by atoms with van der Waals surface area (Å²) >= 11 is 6.62. The second-order valence-corrected chi connectivity index (χ2v) is 7.29. The molecule has 20 heavy (non-hydrogen) atoms. The average Bonchev–Trinajstić information content (AvgIpc) is 2.42. The van der Waals surface area contributed by atoms with Crippen LogP contribution in [0.3, 0.4) is 0 Å². The third-order valence-corrected chi connectivity index (χ3v) is 5.08. The van der Waals surface area contributed by atoms with Crippen molar-refractivity contribution in [3.63, 3.8) is 0 Å². The first kappa shape index (κ1) is 15.3. The number of halogens is 2. The maximum absolute atomic E-state index is 12.4. The van der Waals surface area contributed by atoms with E-state index >= 15 is 0 Å². The number of nitrogens with two attached hydrogens (primary N) is 1. The molecule has 0 aliphatic rings. The fraction of sp³-hybridized carbons (Fsp3) is 0. The van der Waals surface area contributed by atoms with Crippen LogP contribution in [0.25, 0.3) is 0 Å². The molecular formula is C12H11Br2N3O2S. The second kappa shape index (κ2) is 6.13. The molecule has 2 aromatic carbocycles. The van der Waals surface area contributed by atoms with Gasteiger partial charge in [0.2, 0.25) is 0 Å². The van der Waals surface area contributed by atoms with Crippen molar-refractivity contribution in [2.24, 2.45) is 5.84 Å². The van der Waals surface area contributed by atoms with Gasteiger partial charge in [0.15, 0.2) is 0 Å². The average molecular weight is 421 g/mol. The van der Waals surface area contributed by atoms with E-state index in [1.54, 1.807) is 36.4 Å². The van der Waals surface area contributed by atoms with Crippen LogP contribution in [-0.2, 0) is 10.0 Å². The number of sulfonamides is 1.